The van der Waals surface area contributed by atoms with Crippen molar-refractivity contribution in [3.05, 3.63) is 35.4 Å². The number of aryl methyl sites for hydroxylation is 1. The molecule has 2 rings (SSSR count). The lowest BCUT2D eigenvalue weighted by Gasteiger charge is -2.38. The van der Waals surface area contributed by atoms with Gasteiger partial charge in [-0.05, 0) is 45.1 Å². The summed E-state index contributed by atoms with van der Waals surface area (Å²) in [6.45, 7) is 6.85. The highest BCUT2D eigenvalue weighted by Crippen LogP contribution is 2.37. The van der Waals surface area contributed by atoms with Crippen molar-refractivity contribution in [3.63, 3.8) is 0 Å². The molecule has 110 valence electrons. The number of benzene rings is 1. The average Bonchev–Trinajstić information content (AvgIpc) is 2.41. The third kappa shape index (κ3) is 3.40. The van der Waals surface area contributed by atoms with Crippen LogP contribution in [-0.4, -0.2) is 36.5 Å². The van der Waals surface area contributed by atoms with Gasteiger partial charge in [-0.25, -0.2) is 0 Å². The fraction of sp³-hybridized carbons (Fsp3) is 0.588. The number of amides is 1. The molecule has 0 aromatic heterocycles. The molecule has 20 heavy (non-hydrogen) atoms. The minimum atomic E-state index is -0.0797. The molecule has 0 heterocycles. The van der Waals surface area contributed by atoms with Crippen LogP contribution in [0.4, 0.5) is 0 Å². The van der Waals surface area contributed by atoms with Crippen LogP contribution in [0.2, 0.25) is 0 Å². The number of rotatable bonds is 5. The SMILES string of the molecule is CCN(C)C(=O)C(C)NC1CC(c2ccc(C)cc2)C1. The summed E-state index contributed by atoms with van der Waals surface area (Å²) in [4.78, 5) is 13.8. The Morgan fingerprint density at radius 3 is 2.50 bits per heavy atom. The standard InChI is InChI=1S/C17H26N2O/c1-5-19(4)17(20)13(3)18-16-10-15(11-16)14-8-6-12(2)7-9-14/h6-9,13,15-16,18H,5,10-11H2,1-4H3. The molecule has 1 amide bonds. The number of hydrogen-bond acceptors (Lipinski definition) is 2. The third-order valence-electron chi connectivity index (χ3n) is 4.39. The van der Waals surface area contributed by atoms with Crippen molar-refractivity contribution >= 4 is 5.91 Å². The molecule has 1 fully saturated rings. The molecule has 1 aromatic rings. The van der Waals surface area contributed by atoms with Gasteiger partial charge in [0, 0.05) is 19.6 Å². The summed E-state index contributed by atoms with van der Waals surface area (Å²) in [6, 6.07) is 9.22. The van der Waals surface area contributed by atoms with Crippen molar-refractivity contribution in [1.29, 1.82) is 0 Å². The maximum Gasteiger partial charge on any atom is 0.239 e. The molecule has 0 spiro atoms. The van der Waals surface area contributed by atoms with E-state index in [1.807, 2.05) is 20.9 Å². The fourth-order valence-corrected chi connectivity index (χ4v) is 2.78. The molecule has 0 bridgehead atoms. The van der Waals surface area contributed by atoms with Crippen molar-refractivity contribution in [1.82, 2.24) is 10.2 Å². The fourth-order valence-electron chi connectivity index (χ4n) is 2.78. The molecular formula is C17H26N2O. The van der Waals surface area contributed by atoms with Gasteiger partial charge in [0.25, 0.3) is 0 Å². The Labute approximate surface area is 122 Å². The molecule has 1 saturated carbocycles. The van der Waals surface area contributed by atoms with Gasteiger partial charge in [-0.3, -0.25) is 4.79 Å². The number of carbonyl (C=O) groups excluding carboxylic acids is 1. The van der Waals surface area contributed by atoms with Crippen LogP contribution in [0.5, 0.6) is 0 Å². The van der Waals surface area contributed by atoms with Crippen molar-refractivity contribution in [2.75, 3.05) is 13.6 Å². The predicted octanol–water partition coefficient (Wildman–Crippen LogP) is 2.70. The first-order chi connectivity index (χ1) is 9.51. The van der Waals surface area contributed by atoms with E-state index in [0.29, 0.717) is 12.0 Å². The van der Waals surface area contributed by atoms with E-state index >= 15 is 0 Å². The zero-order valence-corrected chi connectivity index (χ0v) is 13.0. The molecule has 0 aliphatic heterocycles. The second-order valence-electron chi connectivity index (χ2n) is 6.02. The van der Waals surface area contributed by atoms with Gasteiger partial charge >= 0.3 is 0 Å². The summed E-state index contributed by atoms with van der Waals surface area (Å²) in [5.74, 6) is 0.839. The second-order valence-corrected chi connectivity index (χ2v) is 6.02. The van der Waals surface area contributed by atoms with E-state index in [1.165, 1.54) is 11.1 Å². The molecule has 1 aromatic carbocycles. The zero-order valence-electron chi connectivity index (χ0n) is 13.0. The van der Waals surface area contributed by atoms with Crippen molar-refractivity contribution in [2.24, 2.45) is 0 Å². The van der Waals surface area contributed by atoms with E-state index in [4.69, 9.17) is 0 Å². The Bertz CT molecular complexity index is 449. The van der Waals surface area contributed by atoms with Gasteiger partial charge in [0.2, 0.25) is 5.91 Å². The highest BCUT2D eigenvalue weighted by Gasteiger charge is 2.32. The minimum absolute atomic E-state index is 0.0797. The number of likely N-dealkylation sites (N-methyl/N-ethyl adjacent to an activating group) is 1. The van der Waals surface area contributed by atoms with Crippen LogP contribution in [0.3, 0.4) is 0 Å². The topological polar surface area (TPSA) is 32.3 Å². The number of hydrogen-bond donors (Lipinski definition) is 1. The van der Waals surface area contributed by atoms with E-state index in [1.54, 1.807) is 4.90 Å². The van der Waals surface area contributed by atoms with E-state index in [2.05, 4.69) is 36.5 Å². The highest BCUT2D eigenvalue weighted by atomic mass is 16.2. The smallest absolute Gasteiger partial charge is 0.239 e. The first-order valence-corrected chi connectivity index (χ1v) is 7.58. The predicted molar refractivity (Wildman–Crippen MR) is 82.9 cm³/mol. The van der Waals surface area contributed by atoms with Crippen molar-refractivity contribution in [2.45, 2.75) is 51.6 Å². The summed E-state index contributed by atoms with van der Waals surface area (Å²) >= 11 is 0. The van der Waals surface area contributed by atoms with Crippen LogP contribution in [0.1, 0.15) is 43.7 Å². The lowest BCUT2D eigenvalue weighted by atomic mass is 9.75. The van der Waals surface area contributed by atoms with E-state index in [-0.39, 0.29) is 11.9 Å². The normalized spacial score (nSPS) is 23.0. The molecule has 0 saturated heterocycles. The van der Waals surface area contributed by atoms with Crippen LogP contribution in [-0.2, 0) is 4.79 Å². The summed E-state index contributed by atoms with van der Waals surface area (Å²) in [5.41, 5.74) is 2.74. The van der Waals surface area contributed by atoms with Crippen LogP contribution >= 0.6 is 0 Å². The number of carbonyl (C=O) groups is 1. The first-order valence-electron chi connectivity index (χ1n) is 7.58. The largest absolute Gasteiger partial charge is 0.345 e. The summed E-state index contributed by atoms with van der Waals surface area (Å²) < 4.78 is 0. The Balaban J connectivity index is 1.79. The molecule has 3 nitrogen and oxygen atoms in total. The maximum atomic E-state index is 12.0. The van der Waals surface area contributed by atoms with Crippen molar-refractivity contribution < 1.29 is 4.79 Å². The molecule has 1 unspecified atom stereocenters. The van der Waals surface area contributed by atoms with Crippen LogP contribution in [0, 0.1) is 6.92 Å². The third-order valence-corrected chi connectivity index (χ3v) is 4.39. The average molecular weight is 274 g/mol. The van der Waals surface area contributed by atoms with E-state index < -0.39 is 0 Å². The number of nitrogens with zero attached hydrogens (tertiary/aromatic N) is 1. The summed E-state index contributed by atoms with van der Waals surface area (Å²) in [6.07, 6.45) is 2.27. The highest BCUT2D eigenvalue weighted by molar-refractivity contribution is 5.81. The van der Waals surface area contributed by atoms with Gasteiger partial charge in [-0.2, -0.15) is 0 Å². The first kappa shape index (κ1) is 15.0. The van der Waals surface area contributed by atoms with Gasteiger partial charge in [0.15, 0.2) is 0 Å². The van der Waals surface area contributed by atoms with Crippen LogP contribution in [0.15, 0.2) is 24.3 Å². The Morgan fingerprint density at radius 1 is 1.35 bits per heavy atom. The molecule has 1 aliphatic rings. The van der Waals surface area contributed by atoms with E-state index in [0.717, 1.165) is 19.4 Å². The lowest BCUT2D eigenvalue weighted by Crippen LogP contribution is -2.50. The van der Waals surface area contributed by atoms with Crippen LogP contribution in [0.25, 0.3) is 0 Å². The Morgan fingerprint density at radius 2 is 1.95 bits per heavy atom. The van der Waals surface area contributed by atoms with Gasteiger partial charge < -0.3 is 10.2 Å². The second kappa shape index (κ2) is 6.40. The van der Waals surface area contributed by atoms with Crippen molar-refractivity contribution in [3.8, 4) is 0 Å². The van der Waals surface area contributed by atoms with E-state index in [9.17, 15) is 4.79 Å². The van der Waals surface area contributed by atoms with Gasteiger partial charge in [-0.1, -0.05) is 29.8 Å². The molecule has 1 aliphatic carbocycles. The number of nitrogens with one attached hydrogen (secondary N) is 1. The molecule has 1 atom stereocenters. The molecular weight excluding hydrogens is 248 g/mol. The molecule has 1 N–H and O–H groups in total. The molecule has 0 radical (unpaired) electrons. The van der Waals surface area contributed by atoms with Gasteiger partial charge in [0.1, 0.15) is 0 Å². The zero-order chi connectivity index (χ0) is 14.7. The minimum Gasteiger partial charge on any atom is -0.345 e. The Kier molecular flexibility index (Phi) is 4.81. The lowest BCUT2D eigenvalue weighted by molar-refractivity contribution is -0.131. The monoisotopic (exact) mass is 274 g/mol. The quantitative estimate of drug-likeness (QED) is 0.895. The van der Waals surface area contributed by atoms with Gasteiger partial charge in [-0.15, -0.1) is 0 Å². The summed E-state index contributed by atoms with van der Waals surface area (Å²) in [7, 11) is 1.86. The molecule has 3 heteroatoms. The van der Waals surface area contributed by atoms with Crippen LogP contribution < -0.4 is 5.32 Å². The van der Waals surface area contributed by atoms with Gasteiger partial charge in [0.05, 0.1) is 6.04 Å². The summed E-state index contributed by atoms with van der Waals surface area (Å²) in [5, 5.41) is 3.45. The Hall–Kier alpha value is -1.35. The maximum absolute atomic E-state index is 12.0.